The van der Waals surface area contributed by atoms with Crippen molar-refractivity contribution < 1.29 is 0 Å². The van der Waals surface area contributed by atoms with Crippen LogP contribution in [0.3, 0.4) is 0 Å². The van der Waals surface area contributed by atoms with Crippen molar-refractivity contribution in [3.63, 3.8) is 0 Å². The van der Waals surface area contributed by atoms with E-state index >= 15 is 0 Å². The molecule has 8 heteroatoms. The molecule has 0 fully saturated rings. The highest BCUT2D eigenvalue weighted by molar-refractivity contribution is 14.0. The Hall–Kier alpha value is -1.71. The summed E-state index contributed by atoms with van der Waals surface area (Å²) in [7, 11) is 2.03. The number of rotatable bonds is 4. The van der Waals surface area contributed by atoms with Gasteiger partial charge in [-0.05, 0) is 22.6 Å². The zero-order chi connectivity index (χ0) is 13.8. The number of guanidine groups is 1. The molecule has 3 rings (SSSR count). The molecule has 0 atom stereocenters. The number of hydrogen-bond donors (Lipinski definition) is 1. The van der Waals surface area contributed by atoms with Crippen LogP contribution in [0.4, 0.5) is 0 Å². The van der Waals surface area contributed by atoms with Gasteiger partial charge in [0.05, 0.1) is 12.2 Å². The van der Waals surface area contributed by atoms with Gasteiger partial charge in [0, 0.05) is 26.6 Å². The Morgan fingerprint density at radius 1 is 1.24 bits per heavy atom. The molecule has 1 aliphatic rings. The monoisotopic (exact) mass is 399 g/mol. The first-order valence-electron chi connectivity index (χ1n) is 6.67. The molecule has 1 aromatic heterocycles. The van der Waals surface area contributed by atoms with Crippen molar-refractivity contribution in [1.82, 2.24) is 30.4 Å². The summed E-state index contributed by atoms with van der Waals surface area (Å²) in [4.78, 5) is 6.50. The van der Waals surface area contributed by atoms with E-state index in [0.29, 0.717) is 0 Å². The van der Waals surface area contributed by atoms with Crippen LogP contribution >= 0.6 is 24.0 Å². The highest BCUT2D eigenvalue weighted by atomic mass is 127. The summed E-state index contributed by atoms with van der Waals surface area (Å²) < 4.78 is 1.77. The number of nitrogens with one attached hydrogen (secondary N) is 1. The number of hydrogen-bond acceptors (Lipinski definition) is 6. The van der Waals surface area contributed by atoms with Gasteiger partial charge in [-0.3, -0.25) is 4.99 Å². The third-order valence-corrected chi connectivity index (χ3v) is 3.23. The van der Waals surface area contributed by atoms with E-state index in [1.807, 2.05) is 37.4 Å². The van der Waals surface area contributed by atoms with Gasteiger partial charge in [0.15, 0.2) is 11.8 Å². The Balaban J connectivity index is 0.00000161. The van der Waals surface area contributed by atoms with E-state index in [4.69, 9.17) is 0 Å². The van der Waals surface area contributed by atoms with Crippen molar-refractivity contribution in [2.24, 2.45) is 4.99 Å². The molecule has 1 aromatic carbocycles. The average Bonchev–Trinajstić information content (AvgIpc) is 3.10. The fourth-order valence-corrected chi connectivity index (χ4v) is 2.14. The van der Waals surface area contributed by atoms with Gasteiger partial charge in [-0.2, -0.15) is 4.68 Å². The largest absolute Gasteiger partial charge is 0.356 e. The van der Waals surface area contributed by atoms with Gasteiger partial charge < -0.3 is 10.2 Å². The molecular weight excluding hydrogens is 381 g/mol. The average molecular weight is 399 g/mol. The van der Waals surface area contributed by atoms with Crippen LogP contribution in [0.2, 0.25) is 0 Å². The van der Waals surface area contributed by atoms with Crippen LogP contribution in [0.1, 0.15) is 5.82 Å². The number of nitrogens with zero attached hydrogens (tertiary/aromatic N) is 6. The lowest BCUT2D eigenvalue weighted by molar-refractivity contribution is 0.533. The summed E-state index contributed by atoms with van der Waals surface area (Å²) in [5, 5.41) is 15.2. The molecule has 0 amide bonds. The predicted octanol–water partition coefficient (Wildman–Crippen LogP) is 0.714. The highest BCUT2D eigenvalue weighted by Crippen LogP contribution is 2.07. The van der Waals surface area contributed by atoms with Gasteiger partial charge in [0.1, 0.15) is 0 Å². The normalized spacial score (nSPS) is 13.8. The number of tetrazole rings is 1. The minimum absolute atomic E-state index is 0. The topological polar surface area (TPSA) is 71.2 Å². The quantitative estimate of drug-likeness (QED) is 0.768. The maximum Gasteiger partial charge on any atom is 0.193 e. The van der Waals surface area contributed by atoms with Gasteiger partial charge in [-0.25, -0.2) is 0 Å². The van der Waals surface area contributed by atoms with Crippen LogP contribution in [0.25, 0.3) is 5.69 Å². The fourth-order valence-electron chi connectivity index (χ4n) is 2.14. The molecule has 21 heavy (non-hydrogen) atoms. The van der Waals surface area contributed by atoms with Crippen molar-refractivity contribution in [2.75, 3.05) is 26.7 Å². The molecule has 0 saturated heterocycles. The maximum atomic E-state index is 4.39. The van der Waals surface area contributed by atoms with Gasteiger partial charge in [0.2, 0.25) is 0 Å². The maximum absolute atomic E-state index is 4.39. The van der Waals surface area contributed by atoms with Crippen LogP contribution in [-0.4, -0.2) is 57.7 Å². The second-order valence-corrected chi connectivity index (χ2v) is 4.65. The zero-order valence-electron chi connectivity index (χ0n) is 11.8. The van der Waals surface area contributed by atoms with Crippen molar-refractivity contribution in [2.45, 2.75) is 6.42 Å². The van der Waals surface area contributed by atoms with E-state index in [-0.39, 0.29) is 24.0 Å². The standard InChI is InChI=1S/C13H17N7.HI/c1-19-10-9-15-13(19)14-8-7-12-16-17-18-20(12)11-5-3-2-4-6-11;/h2-6H,7-10H2,1H3,(H,14,15);1H. The van der Waals surface area contributed by atoms with E-state index in [2.05, 4.69) is 30.7 Å². The highest BCUT2D eigenvalue weighted by Gasteiger charge is 2.12. The molecular formula is C13H18IN7. The molecule has 0 unspecified atom stereocenters. The Kier molecular flexibility index (Phi) is 5.48. The van der Waals surface area contributed by atoms with Crippen LogP contribution < -0.4 is 5.32 Å². The number of aromatic nitrogens is 4. The lowest BCUT2D eigenvalue weighted by Gasteiger charge is -2.14. The first-order chi connectivity index (χ1) is 9.84. The minimum Gasteiger partial charge on any atom is -0.356 e. The van der Waals surface area contributed by atoms with E-state index < -0.39 is 0 Å². The van der Waals surface area contributed by atoms with Gasteiger partial charge in [-0.15, -0.1) is 29.1 Å². The summed E-state index contributed by atoms with van der Waals surface area (Å²) in [5.74, 6) is 1.79. The fraction of sp³-hybridized carbons (Fsp3) is 0.385. The second-order valence-electron chi connectivity index (χ2n) is 4.65. The van der Waals surface area contributed by atoms with Crippen molar-refractivity contribution in [1.29, 1.82) is 0 Å². The third-order valence-electron chi connectivity index (χ3n) is 3.23. The molecule has 1 aliphatic heterocycles. The molecule has 0 bridgehead atoms. The van der Waals surface area contributed by atoms with Gasteiger partial charge in [-0.1, -0.05) is 18.2 Å². The summed E-state index contributed by atoms with van der Waals surface area (Å²) in [6.45, 7) is 2.60. The Morgan fingerprint density at radius 2 is 2.05 bits per heavy atom. The number of para-hydroxylation sites is 1. The first kappa shape index (κ1) is 15.7. The van der Waals surface area contributed by atoms with E-state index in [9.17, 15) is 0 Å². The predicted molar refractivity (Wildman–Crippen MR) is 91.2 cm³/mol. The van der Waals surface area contributed by atoms with Gasteiger partial charge >= 0.3 is 0 Å². The smallest absolute Gasteiger partial charge is 0.193 e. The summed E-state index contributed by atoms with van der Waals surface area (Å²) in [5.41, 5.74) is 0.975. The van der Waals surface area contributed by atoms with Gasteiger partial charge in [0.25, 0.3) is 0 Å². The van der Waals surface area contributed by atoms with Crippen molar-refractivity contribution >= 4 is 29.9 Å². The Labute approximate surface area is 140 Å². The number of aliphatic imine (C=N–C) groups is 1. The number of benzene rings is 1. The SMILES string of the molecule is CN1CCN=C1NCCc1nnnn1-c1ccccc1.I. The third kappa shape index (κ3) is 3.69. The molecule has 2 heterocycles. The van der Waals surface area contributed by atoms with Crippen LogP contribution in [0, 0.1) is 0 Å². The molecule has 7 nitrogen and oxygen atoms in total. The van der Waals surface area contributed by atoms with Crippen molar-refractivity contribution in [3.8, 4) is 5.69 Å². The number of halogens is 1. The second kappa shape index (κ2) is 7.34. The van der Waals surface area contributed by atoms with E-state index in [1.54, 1.807) is 4.68 Å². The molecule has 0 saturated carbocycles. The summed E-state index contributed by atoms with van der Waals surface area (Å²) in [6, 6.07) is 9.90. The minimum atomic E-state index is 0. The first-order valence-corrected chi connectivity index (χ1v) is 6.67. The van der Waals surface area contributed by atoms with E-state index in [0.717, 1.165) is 43.5 Å². The lowest BCUT2D eigenvalue weighted by atomic mass is 10.3. The Morgan fingerprint density at radius 3 is 2.76 bits per heavy atom. The summed E-state index contributed by atoms with van der Waals surface area (Å²) >= 11 is 0. The molecule has 1 N–H and O–H groups in total. The molecule has 0 spiro atoms. The molecule has 112 valence electrons. The molecule has 0 aliphatic carbocycles. The van der Waals surface area contributed by atoms with Crippen LogP contribution in [0.15, 0.2) is 35.3 Å². The van der Waals surface area contributed by atoms with Crippen LogP contribution in [0.5, 0.6) is 0 Å². The number of likely N-dealkylation sites (N-methyl/N-ethyl adjacent to an activating group) is 1. The molecule has 0 radical (unpaired) electrons. The van der Waals surface area contributed by atoms with E-state index in [1.165, 1.54) is 0 Å². The summed E-state index contributed by atoms with van der Waals surface area (Å²) in [6.07, 6.45) is 0.745. The molecule has 2 aromatic rings. The Bertz CT molecular complexity index is 596. The van der Waals surface area contributed by atoms with Crippen molar-refractivity contribution in [3.05, 3.63) is 36.2 Å². The van der Waals surface area contributed by atoms with Crippen LogP contribution in [-0.2, 0) is 6.42 Å². The lowest BCUT2D eigenvalue weighted by Crippen LogP contribution is -2.36. The zero-order valence-corrected chi connectivity index (χ0v) is 14.1.